The second-order valence-corrected chi connectivity index (χ2v) is 7.68. The molecule has 4 nitrogen and oxygen atoms in total. The Morgan fingerprint density at radius 2 is 1.96 bits per heavy atom. The number of anilines is 1. The largest absolute Gasteiger partial charge is 0.465 e. The van der Waals surface area contributed by atoms with E-state index in [0.717, 1.165) is 29.7 Å². The van der Waals surface area contributed by atoms with E-state index in [0.29, 0.717) is 24.5 Å². The number of nitrogens with zero attached hydrogens (tertiary/aromatic N) is 1. The number of piperidine rings is 1. The SMILES string of the molecule is O=C(O)N(C[C@H]1C[C@H]2CC[C@@H](C1)N2)c1ccccc1-c1ccsc1. The molecule has 126 valence electrons. The van der Waals surface area contributed by atoms with E-state index in [2.05, 4.69) is 10.7 Å². The van der Waals surface area contributed by atoms with Gasteiger partial charge in [0.25, 0.3) is 0 Å². The van der Waals surface area contributed by atoms with Crippen LogP contribution in [-0.2, 0) is 0 Å². The Balaban J connectivity index is 1.61. The zero-order chi connectivity index (χ0) is 16.5. The third-order valence-corrected chi connectivity index (χ3v) is 5.95. The summed E-state index contributed by atoms with van der Waals surface area (Å²) in [6.07, 6.45) is 3.78. The van der Waals surface area contributed by atoms with Crippen LogP contribution in [0.5, 0.6) is 0 Å². The normalized spacial score (nSPS) is 25.6. The van der Waals surface area contributed by atoms with Crippen LogP contribution in [0.25, 0.3) is 11.1 Å². The molecule has 2 N–H and O–H groups in total. The molecule has 5 heteroatoms. The number of carboxylic acid groups (broad SMARTS) is 1. The number of thiophene rings is 1. The second-order valence-electron chi connectivity index (χ2n) is 6.90. The van der Waals surface area contributed by atoms with Gasteiger partial charge in [-0.15, -0.1) is 0 Å². The molecule has 2 aliphatic heterocycles. The van der Waals surface area contributed by atoms with E-state index in [1.807, 2.05) is 35.7 Å². The molecule has 3 atom stereocenters. The highest BCUT2D eigenvalue weighted by Crippen LogP contribution is 2.36. The molecule has 1 aromatic carbocycles. The molecule has 1 aromatic heterocycles. The Morgan fingerprint density at radius 3 is 2.62 bits per heavy atom. The first-order valence-electron chi connectivity index (χ1n) is 8.59. The predicted octanol–water partition coefficient (Wildman–Crippen LogP) is 4.43. The van der Waals surface area contributed by atoms with Crippen LogP contribution in [0.15, 0.2) is 41.1 Å². The van der Waals surface area contributed by atoms with Gasteiger partial charge in [0, 0.05) is 24.2 Å². The molecule has 3 heterocycles. The van der Waals surface area contributed by atoms with Crippen LogP contribution in [-0.4, -0.2) is 29.8 Å². The van der Waals surface area contributed by atoms with Crippen LogP contribution in [0.2, 0.25) is 0 Å². The Morgan fingerprint density at radius 1 is 1.21 bits per heavy atom. The number of amides is 1. The molecule has 2 bridgehead atoms. The number of hydrogen-bond donors (Lipinski definition) is 2. The zero-order valence-corrected chi connectivity index (χ0v) is 14.3. The van der Waals surface area contributed by atoms with Crippen LogP contribution in [0, 0.1) is 5.92 Å². The van der Waals surface area contributed by atoms with Gasteiger partial charge in [0.15, 0.2) is 0 Å². The summed E-state index contributed by atoms with van der Waals surface area (Å²) in [5, 5.41) is 17.6. The van der Waals surface area contributed by atoms with Gasteiger partial charge >= 0.3 is 6.09 Å². The molecule has 0 radical (unpaired) electrons. The lowest BCUT2D eigenvalue weighted by Crippen LogP contribution is -2.43. The molecule has 2 aliphatic rings. The number of fused-ring (bicyclic) bond motifs is 2. The standard InChI is InChI=1S/C19H22N2O2S/c22-19(23)21(11-13-9-15-5-6-16(10-13)20-15)18-4-2-1-3-17(18)14-7-8-24-12-14/h1-4,7-8,12-13,15-16,20H,5-6,9-11H2,(H,22,23)/t13-,15+,16-. The van der Waals surface area contributed by atoms with Crippen LogP contribution in [0.3, 0.4) is 0 Å². The molecule has 2 aromatic rings. The molecule has 24 heavy (non-hydrogen) atoms. The molecule has 2 saturated heterocycles. The Bertz CT molecular complexity index is 704. The monoisotopic (exact) mass is 342 g/mol. The lowest BCUT2D eigenvalue weighted by atomic mass is 9.91. The van der Waals surface area contributed by atoms with Gasteiger partial charge in [-0.25, -0.2) is 4.79 Å². The molecule has 1 amide bonds. The number of nitrogens with one attached hydrogen (secondary N) is 1. The van der Waals surface area contributed by atoms with Gasteiger partial charge in [-0.1, -0.05) is 18.2 Å². The number of carbonyl (C=O) groups is 1. The highest BCUT2D eigenvalue weighted by atomic mass is 32.1. The third-order valence-electron chi connectivity index (χ3n) is 5.27. The zero-order valence-electron chi connectivity index (χ0n) is 13.5. The van der Waals surface area contributed by atoms with Crippen LogP contribution < -0.4 is 10.2 Å². The van der Waals surface area contributed by atoms with Crippen molar-refractivity contribution in [3.8, 4) is 11.1 Å². The van der Waals surface area contributed by atoms with Gasteiger partial charge in [0.2, 0.25) is 0 Å². The summed E-state index contributed by atoms with van der Waals surface area (Å²) in [4.78, 5) is 13.5. The Hall–Kier alpha value is -1.85. The average Bonchev–Trinajstić information content (AvgIpc) is 3.22. The molecular weight excluding hydrogens is 320 g/mol. The third kappa shape index (κ3) is 3.06. The summed E-state index contributed by atoms with van der Waals surface area (Å²) in [6, 6.07) is 11.0. The van der Waals surface area contributed by atoms with Gasteiger partial charge < -0.3 is 10.4 Å². The van der Waals surface area contributed by atoms with E-state index in [1.165, 1.54) is 12.8 Å². The lowest BCUT2D eigenvalue weighted by Gasteiger charge is -2.33. The van der Waals surface area contributed by atoms with Crippen LogP contribution in [0.4, 0.5) is 10.5 Å². The van der Waals surface area contributed by atoms with E-state index < -0.39 is 6.09 Å². The van der Waals surface area contributed by atoms with E-state index >= 15 is 0 Å². The minimum atomic E-state index is -0.858. The topological polar surface area (TPSA) is 52.6 Å². The molecule has 0 saturated carbocycles. The van der Waals surface area contributed by atoms with E-state index in [9.17, 15) is 9.90 Å². The maximum atomic E-state index is 12.0. The summed E-state index contributed by atoms with van der Waals surface area (Å²) in [7, 11) is 0. The van der Waals surface area contributed by atoms with Crippen LogP contribution in [0.1, 0.15) is 25.7 Å². The van der Waals surface area contributed by atoms with Gasteiger partial charge in [0.1, 0.15) is 0 Å². The van der Waals surface area contributed by atoms with Gasteiger partial charge in [-0.05, 0) is 60.1 Å². The summed E-state index contributed by atoms with van der Waals surface area (Å²) in [5.41, 5.74) is 2.89. The van der Waals surface area contributed by atoms with Gasteiger partial charge in [-0.2, -0.15) is 11.3 Å². The van der Waals surface area contributed by atoms with Crippen molar-refractivity contribution in [3.05, 3.63) is 41.1 Å². The molecule has 0 aliphatic carbocycles. The van der Waals surface area contributed by atoms with E-state index in [1.54, 1.807) is 16.2 Å². The van der Waals surface area contributed by atoms with E-state index in [4.69, 9.17) is 0 Å². The van der Waals surface area contributed by atoms with Crippen molar-refractivity contribution in [3.63, 3.8) is 0 Å². The summed E-state index contributed by atoms with van der Waals surface area (Å²) >= 11 is 1.63. The average molecular weight is 342 g/mol. The fourth-order valence-corrected chi connectivity index (χ4v) is 4.89. The van der Waals surface area contributed by atoms with Crippen molar-refractivity contribution >= 4 is 23.1 Å². The van der Waals surface area contributed by atoms with Crippen molar-refractivity contribution in [2.75, 3.05) is 11.4 Å². The van der Waals surface area contributed by atoms with Crippen molar-refractivity contribution in [1.29, 1.82) is 0 Å². The van der Waals surface area contributed by atoms with Crippen molar-refractivity contribution in [1.82, 2.24) is 5.32 Å². The summed E-state index contributed by atoms with van der Waals surface area (Å²) in [5.74, 6) is 0.440. The molecular formula is C19H22N2O2S. The number of benzene rings is 1. The second kappa shape index (κ2) is 6.57. The number of para-hydroxylation sites is 1. The first-order chi connectivity index (χ1) is 11.7. The fraction of sp³-hybridized carbons (Fsp3) is 0.421. The quantitative estimate of drug-likeness (QED) is 0.864. The first-order valence-corrected chi connectivity index (χ1v) is 9.53. The van der Waals surface area contributed by atoms with Gasteiger partial charge in [0.05, 0.1) is 5.69 Å². The molecule has 0 unspecified atom stereocenters. The van der Waals surface area contributed by atoms with Crippen molar-refractivity contribution in [2.45, 2.75) is 37.8 Å². The van der Waals surface area contributed by atoms with Crippen molar-refractivity contribution in [2.24, 2.45) is 5.92 Å². The molecule has 4 rings (SSSR count). The predicted molar refractivity (Wildman–Crippen MR) is 97.8 cm³/mol. The van der Waals surface area contributed by atoms with Crippen LogP contribution >= 0.6 is 11.3 Å². The summed E-state index contributed by atoms with van der Waals surface area (Å²) < 4.78 is 0. The van der Waals surface area contributed by atoms with Crippen molar-refractivity contribution < 1.29 is 9.90 Å². The van der Waals surface area contributed by atoms with Gasteiger partial charge in [-0.3, -0.25) is 4.90 Å². The molecule has 2 fully saturated rings. The number of rotatable bonds is 4. The maximum absolute atomic E-state index is 12.0. The smallest absolute Gasteiger partial charge is 0.411 e. The Kier molecular flexibility index (Phi) is 4.29. The summed E-state index contributed by atoms with van der Waals surface area (Å²) in [6.45, 7) is 0.588. The highest BCUT2D eigenvalue weighted by Gasteiger charge is 2.35. The lowest BCUT2D eigenvalue weighted by molar-refractivity contribution is 0.198. The highest BCUT2D eigenvalue weighted by molar-refractivity contribution is 7.08. The number of hydrogen-bond acceptors (Lipinski definition) is 3. The Labute approximate surface area is 146 Å². The maximum Gasteiger partial charge on any atom is 0.411 e. The minimum Gasteiger partial charge on any atom is -0.465 e. The van der Waals surface area contributed by atoms with E-state index in [-0.39, 0.29) is 0 Å². The minimum absolute atomic E-state index is 0.440. The molecule has 0 spiro atoms. The first kappa shape index (κ1) is 15.7. The fourth-order valence-electron chi connectivity index (χ4n) is 4.23.